The Morgan fingerprint density at radius 2 is 1.81 bits per heavy atom. The predicted octanol–water partition coefficient (Wildman–Crippen LogP) is 3.60. The van der Waals surface area contributed by atoms with Crippen LogP contribution in [0.15, 0.2) is 70.3 Å². The van der Waals surface area contributed by atoms with Gasteiger partial charge in [0.25, 0.3) is 11.5 Å². The summed E-state index contributed by atoms with van der Waals surface area (Å²) < 4.78 is 22.3. The van der Waals surface area contributed by atoms with Crippen LogP contribution in [0.1, 0.15) is 15.9 Å². The molecule has 1 heterocycles. The number of methoxy groups -OCH3 is 1. The molecule has 0 fully saturated rings. The number of ether oxygens (including phenoxy) is 1. The van der Waals surface area contributed by atoms with Crippen molar-refractivity contribution in [1.82, 2.24) is 14.5 Å². The number of aromatic nitrogens is 2. The Balaban J connectivity index is 1.64. The van der Waals surface area contributed by atoms with Crippen LogP contribution in [0.25, 0.3) is 16.6 Å². The molecule has 0 saturated heterocycles. The van der Waals surface area contributed by atoms with Crippen molar-refractivity contribution in [2.45, 2.75) is 12.5 Å². The summed E-state index contributed by atoms with van der Waals surface area (Å²) in [5.41, 5.74) is 0.120. The standard InChI is InChI=1S/C26H20ClFIN3O5/c1-31-21-11-8-15(29)13-17(21)24(34)32(26(31)36)16-9-6-14(7-10-16)12-20(25(35)37-2)30-23(33)22-18(27)4-3-5-19(22)28/h3-11,13,20H,12H2,1-2H3,(H,30,33)/t20-/m0/s1. The molecule has 37 heavy (non-hydrogen) atoms. The Morgan fingerprint density at radius 3 is 2.46 bits per heavy atom. The van der Waals surface area contributed by atoms with E-state index in [4.69, 9.17) is 16.3 Å². The van der Waals surface area contributed by atoms with Crippen LogP contribution in [-0.2, 0) is 23.0 Å². The Hall–Kier alpha value is -3.51. The molecule has 0 aliphatic rings. The van der Waals surface area contributed by atoms with E-state index in [1.807, 2.05) is 6.07 Å². The van der Waals surface area contributed by atoms with E-state index in [1.165, 1.54) is 23.8 Å². The van der Waals surface area contributed by atoms with Crippen LogP contribution in [0.3, 0.4) is 0 Å². The molecule has 0 radical (unpaired) electrons. The van der Waals surface area contributed by atoms with Gasteiger partial charge in [-0.25, -0.2) is 18.5 Å². The summed E-state index contributed by atoms with van der Waals surface area (Å²) in [6, 6.07) is 14.3. The van der Waals surface area contributed by atoms with Crippen molar-refractivity contribution in [2.24, 2.45) is 7.05 Å². The SMILES string of the molecule is COC(=O)[C@H](Cc1ccc(-n2c(=O)c3cc(I)ccc3n(C)c2=O)cc1)NC(=O)c1c(F)cccc1Cl. The molecular formula is C26H20ClFIN3O5. The zero-order valence-corrected chi connectivity index (χ0v) is 22.5. The minimum absolute atomic E-state index is 0.00753. The highest BCUT2D eigenvalue weighted by Gasteiger charge is 2.25. The van der Waals surface area contributed by atoms with Crippen LogP contribution in [0.5, 0.6) is 0 Å². The monoisotopic (exact) mass is 635 g/mol. The fourth-order valence-corrected chi connectivity index (χ4v) is 4.70. The number of aryl methyl sites for hydroxylation is 1. The second-order valence-corrected chi connectivity index (χ2v) is 9.81. The van der Waals surface area contributed by atoms with Gasteiger partial charge in [0.15, 0.2) is 0 Å². The van der Waals surface area contributed by atoms with Crippen molar-refractivity contribution in [3.63, 3.8) is 0 Å². The molecule has 1 amide bonds. The van der Waals surface area contributed by atoms with Crippen molar-refractivity contribution in [3.8, 4) is 5.69 Å². The van der Waals surface area contributed by atoms with Crippen LogP contribution < -0.4 is 16.6 Å². The van der Waals surface area contributed by atoms with Gasteiger partial charge in [0, 0.05) is 17.0 Å². The number of carbonyl (C=O) groups excluding carboxylic acids is 2. The van der Waals surface area contributed by atoms with Gasteiger partial charge in [0.05, 0.1) is 34.3 Å². The molecule has 8 nitrogen and oxygen atoms in total. The van der Waals surface area contributed by atoms with Crippen LogP contribution >= 0.6 is 34.2 Å². The molecule has 1 aromatic heterocycles. The summed E-state index contributed by atoms with van der Waals surface area (Å²) in [4.78, 5) is 51.1. The Bertz CT molecular complexity index is 1630. The van der Waals surface area contributed by atoms with Gasteiger partial charge < -0.3 is 10.1 Å². The van der Waals surface area contributed by atoms with Gasteiger partial charge in [-0.1, -0.05) is 29.8 Å². The summed E-state index contributed by atoms with van der Waals surface area (Å²) in [5, 5.41) is 2.77. The molecule has 0 aliphatic carbocycles. The van der Waals surface area contributed by atoms with E-state index in [1.54, 1.807) is 43.4 Å². The van der Waals surface area contributed by atoms with Gasteiger partial charge in [-0.15, -0.1) is 0 Å². The fraction of sp³-hybridized carbons (Fsp3) is 0.154. The largest absolute Gasteiger partial charge is 0.467 e. The number of nitrogens with one attached hydrogen (secondary N) is 1. The van der Waals surface area contributed by atoms with E-state index >= 15 is 0 Å². The van der Waals surface area contributed by atoms with Crippen LogP contribution in [0.4, 0.5) is 4.39 Å². The zero-order chi connectivity index (χ0) is 26.9. The van der Waals surface area contributed by atoms with Crippen molar-refractivity contribution in [1.29, 1.82) is 0 Å². The number of rotatable bonds is 6. The third-order valence-electron chi connectivity index (χ3n) is 5.85. The number of nitrogens with zero attached hydrogens (tertiary/aromatic N) is 2. The molecule has 0 spiro atoms. The number of fused-ring (bicyclic) bond motifs is 1. The molecular weight excluding hydrogens is 616 g/mol. The normalized spacial score (nSPS) is 11.8. The Morgan fingerprint density at radius 1 is 1.11 bits per heavy atom. The molecule has 4 rings (SSSR count). The van der Waals surface area contributed by atoms with Gasteiger partial charge in [-0.3, -0.25) is 14.2 Å². The second-order valence-electron chi connectivity index (χ2n) is 8.16. The van der Waals surface area contributed by atoms with Crippen LogP contribution in [0, 0.1) is 9.39 Å². The molecule has 1 atom stereocenters. The molecule has 0 bridgehead atoms. The summed E-state index contributed by atoms with van der Waals surface area (Å²) in [7, 11) is 2.76. The summed E-state index contributed by atoms with van der Waals surface area (Å²) in [6.45, 7) is 0. The minimum atomic E-state index is -1.14. The fourth-order valence-electron chi connectivity index (χ4n) is 3.96. The number of amides is 1. The van der Waals surface area contributed by atoms with Crippen LogP contribution in [0.2, 0.25) is 5.02 Å². The Kier molecular flexibility index (Phi) is 7.79. The smallest absolute Gasteiger partial charge is 0.335 e. The lowest BCUT2D eigenvalue weighted by atomic mass is 10.0. The number of benzene rings is 3. The average molecular weight is 636 g/mol. The van der Waals surface area contributed by atoms with Gasteiger partial charge >= 0.3 is 11.7 Å². The van der Waals surface area contributed by atoms with Gasteiger partial charge in [0.1, 0.15) is 11.9 Å². The topological polar surface area (TPSA) is 99.4 Å². The first-order valence-electron chi connectivity index (χ1n) is 11.0. The third kappa shape index (κ3) is 5.30. The minimum Gasteiger partial charge on any atom is -0.467 e. The van der Waals surface area contributed by atoms with Gasteiger partial charge in [-0.2, -0.15) is 0 Å². The molecule has 190 valence electrons. The third-order valence-corrected chi connectivity index (χ3v) is 6.83. The van der Waals surface area contributed by atoms with E-state index in [-0.39, 0.29) is 17.0 Å². The molecule has 3 aromatic carbocycles. The van der Waals surface area contributed by atoms with Crippen molar-refractivity contribution < 1.29 is 18.7 Å². The molecule has 0 aliphatic heterocycles. The summed E-state index contributed by atoms with van der Waals surface area (Å²) in [5.74, 6) is -2.43. The number of halogens is 3. The highest BCUT2D eigenvalue weighted by molar-refractivity contribution is 14.1. The molecule has 11 heteroatoms. The maximum absolute atomic E-state index is 14.2. The quantitative estimate of drug-likeness (QED) is 0.258. The van der Waals surface area contributed by atoms with E-state index in [2.05, 4.69) is 27.9 Å². The molecule has 0 unspecified atom stereocenters. The lowest BCUT2D eigenvalue weighted by Crippen LogP contribution is -2.43. The van der Waals surface area contributed by atoms with E-state index in [0.29, 0.717) is 22.2 Å². The summed E-state index contributed by atoms with van der Waals surface area (Å²) in [6.07, 6.45) is 0.00753. The first kappa shape index (κ1) is 26.6. The number of hydrogen-bond donors (Lipinski definition) is 1. The first-order chi connectivity index (χ1) is 17.6. The van der Waals surface area contributed by atoms with Crippen LogP contribution in [-0.4, -0.2) is 34.2 Å². The van der Waals surface area contributed by atoms with Crippen molar-refractivity contribution >= 4 is 57.0 Å². The first-order valence-corrected chi connectivity index (χ1v) is 12.4. The highest BCUT2D eigenvalue weighted by atomic mass is 127. The van der Waals surface area contributed by atoms with Gasteiger partial charge in [-0.05, 0) is 70.6 Å². The maximum atomic E-state index is 14.2. The number of hydrogen-bond acceptors (Lipinski definition) is 5. The zero-order valence-electron chi connectivity index (χ0n) is 19.6. The Labute approximate surface area is 228 Å². The maximum Gasteiger partial charge on any atom is 0.335 e. The van der Waals surface area contributed by atoms with Gasteiger partial charge in [0.2, 0.25) is 0 Å². The van der Waals surface area contributed by atoms with Crippen molar-refractivity contribution in [2.75, 3.05) is 7.11 Å². The molecule has 0 saturated carbocycles. The molecule has 4 aromatic rings. The average Bonchev–Trinajstić information content (AvgIpc) is 2.87. The highest BCUT2D eigenvalue weighted by Crippen LogP contribution is 2.20. The number of carbonyl (C=O) groups is 2. The second kappa shape index (κ2) is 10.9. The van der Waals surface area contributed by atoms with E-state index in [9.17, 15) is 23.6 Å². The van der Waals surface area contributed by atoms with Crippen molar-refractivity contribution in [3.05, 3.63) is 107 Å². The lowest BCUT2D eigenvalue weighted by Gasteiger charge is -2.18. The predicted molar refractivity (Wildman–Crippen MR) is 146 cm³/mol. The number of esters is 1. The lowest BCUT2D eigenvalue weighted by molar-refractivity contribution is -0.142. The van der Waals surface area contributed by atoms with E-state index in [0.717, 1.165) is 14.2 Å². The van der Waals surface area contributed by atoms with E-state index < -0.39 is 35.0 Å². The molecule has 1 N–H and O–H groups in total. The summed E-state index contributed by atoms with van der Waals surface area (Å²) >= 11 is 8.07.